The van der Waals surface area contributed by atoms with Crippen molar-refractivity contribution in [3.8, 4) is 0 Å². The van der Waals surface area contributed by atoms with Gasteiger partial charge in [0.05, 0.1) is 19.2 Å². The Morgan fingerprint density at radius 3 is 2.76 bits per heavy atom. The number of hydrogen-bond donors (Lipinski definition) is 5. The second-order valence-corrected chi connectivity index (χ2v) is 7.99. The van der Waals surface area contributed by atoms with Gasteiger partial charge in [0.2, 0.25) is 5.91 Å². The summed E-state index contributed by atoms with van der Waals surface area (Å²) in [7, 11) is 1.63. The second-order valence-electron chi connectivity index (χ2n) is 7.99. The number of rotatable bonds is 8. The highest BCUT2D eigenvalue weighted by atomic mass is 19.3. The molecular formula is C23H30F2N6O2. The van der Waals surface area contributed by atoms with Crippen LogP contribution in [-0.2, 0) is 9.53 Å². The summed E-state index contributed by atoms with van der Waals surface area (Å²) in [6, 6.07) is 4.56. The van der Waals surface area contributed by atoms with E-state index in [1.54, 1.807) is 18.0 Å². The molecule has 33 heavy (non-hydrogen) atoms. The number of nitrogens with zero attached hydrogens (tertiary/aromatic N) is 1. The number of anilines is 1. The van der Waals surface area contributed by atoms with E-state index in [1.807, 2.05) is 0 Å². The SMILES string of the molecule is CN/C=C(\C=N)c1ccc(NC(=N)C2=C(NC3CCOC3)CCN(C(C)=O)C2)cc1C(F)F. The van der Waals surface area contributed by atoms with Crippen LogP contribution >= 0.6 is 0 Å². The largest absolute Gasteiger partial charge is 0.393 e. The van der Waals surface area contributed by atoms with Gasteiger partial charge in [-0.15, -0.1) is 0 Å². The zero-order chi connectivity index (χ0) is 24.0. The maximum Gasteiger partial charge on any atom is 0.264 e. The summed E-state index contributed by atoms with van der Waals surface area (Å²) in [5.74, 6) is -0.0308. The first-order valence-electron chi connectivity index (χ1n) is 10.8. The van der Waals surface area contributed by atoms with Gasteiger partial charge < -0.3 is 31.0 Å². The molecule has 0 aromatic heterocycles. The van der Waals surface area contributed by atoms with E-state index in [0.717, 1.165) is 18.3 Å². The Bertz CT molecular complexity index is 970. The number of benzene rings is 1. The third kappa shape index (κ3) is 5.95. The van der Waals surface area contributed by atoms with Crippen LogP contribution in [0.25, 0.3) is 5.57 Å². The number of amides is 1. The summed E-state index contributed by atoms with van der Waals surface area (Å²) in [6.07, 6.45) is 1.19. The van der Waals surface area contributed by atoms with Crippen molar-refractivity contribution in [2.75, 3.05) is 38.7 Å². The van der Waals surface area contributed by atoms with Gasteiger partial charge in [-0.3, -0.25) is 10.2 Å². The first kappa shape index (κ1) is 24.4. The fourth-order valence-corrected chi connectivity index (χ4v) is 3.97. The summed E-state index contributed by atoms with van der Waals surface area (Å²) in [6.45, 7) is 3.57. The Balaban J connectivity index is 1.88. The number of carbonyl (C=O) groups excluding carboxylic acids is 1. The molecule has 0 bridgehead atoms. The third-order valence-electron chi connectivity index (χ3n) is 5.72. The Labute approximate surface area is 192 Å². The molecule has 0 saturated carbocycles. The zero-order valence-corrected chi connectivity index (χ0v) is 18.8. The predicted molar refractivity (Wildman–Crippen MR) is 125 cm³/mol. The monoisotopic (exact) mass is 460 g/mol. The standard InChI is InChI=1S/C23H30F2N6O2/c1-14(32)31-7-5-21(29-17-6-8-33-13-17)20(12-31)23(27)30-16-3-4-18(15(10-26)11-28-2)19(9-16)22(24)25/h3-4,9-11,17,22,26,28-29H,5-8,12-13H2,1-2H3,(H2,27,30)/b15-11+,26-10?. The second kappa shape index (κ2) is 11.0. The van der Waals surface area contributed by atoms with Gasteiger partial charge in [0, 0.05) is 74.1 Å². The molecule has 2 heterocycles. The van der Waals surface area contributed by atoms with Gasteiger partial charge in [-0.2, -0.15) is 0 Å². The highest BCUT2D eigenvalue weighted by Gasteiger charge is 2.26. The van der Waals surface area contributed by atoms with Crippen LogP contribution in [0.3, 0.4) is 0 Å². The number of ether oxygens (including phenoxy) is 1. The van der Waals surface area contributed by atoms with E-state index >= 15 is 0 Å². The van der Waals surface area contributed by atoms with E-state index in [9.17, 15) is 13.6 Å². The molecule has 1 amide bonds. The fourth-order valence-electron chi connectivity index (χ4n) is 3.97. The number of nitrogens with one attached hydrogen (secondary N) is 5. The highest BCUT2D eigenvalue weighted by molar-refractivity contribution is 6.10. The normalized spacial score (nSPS) is 19.0. The topological polar surface area (TPSA) is 113 Å². The molecule has 0 aliphatic carbocycles. The average molecular weight is 461 g/mol. The van der Waals surface area contributed by atoms with Gasteiger partial charge >= 0.3 is 0 Å². The van der Waals surface area contributed by atoms with Crippen molar-refractivity contribution in [2.24, 2.45) is 0 Å². The molecule has 0 radical (unpaired) electrons. The average Bonchev–Trinajstić information content (AvgIpc) is 3.30. The first-order chi connectivity index (χ1) is 15.8. The minimum Gasteiger partial charge on any atom is -0.393 e. The van der Waals surface area contributed by atoms with Crippen LogP contribution < -0.4 is 16.0 Å². The van der Waals surface area contributed by atoms with E-state index in [1.165, 1.54) is 25.3 Å². The van der Waals surface area contributed by atoms with Crippen molar-refractivity contribution in [1.29, 1.82) is 10.8 Å². The van der Waals surface area contributed by atoms with E-state index in [0.29, 0.717) is 43.0 Å². The molecule has 2 aliphatic heterocycles. The van der Waals surface area contributed by atoms with Crippen molar-refractivity contribution < 1.29 is 18.3 Å². The van der Waals surface area contributed by atoms with E-state index < -0.39 is 6.43 Å². The van der Waals surface area contributed by atoms with Gasteiger partial charge in [-0.05, 0) is 24.1 Å². The minimum absolute atomic E-state index is 0.0494. The van der Waals surface area contributed by atoms with Gasteiger partial charge in [-0.25, -0.2) is 8.78 Å². The highest BCUT2D eigenvalue weighted by Crippen LogP contribution is 2.30. The molecule has 0 spiro atoms. The Morgan fingerprint density at radius 1 is 1.36 bits per heavy atom. The van der Waals surface area contributed by atoms with Crippen LogP contribution in [-0.4, -0.2) is 62.3 Å². The van der Waals surface area contributed by atoms with Crippen molar-refractivity contribution in [3.63, 3.8) is 0 Å². The van der Waals surface area contributed by atoms with Gasteiger partial charge in [0.15, 0.2) is 0 Å². The molecule has 1 saturated heterocycles. The lowest BCUT2D eigenvalue weighted by Crippen LogP contribution is -2.42. The molecule has 1 unspecified atom stereocenters. The van der Waals surface area contributed by atoms with Gasteiger partial charge in [-0.1, -0.05) is 6.07 Å². The van der Waals surface area contributed by atoms with Crippen LogP contribution in [0.1, 0.15) is 37.3 Å². The number of halogens is 2. The predicted octanol–water partition coefficient (Wildman–Crippen LogP) is 3.11. The third-order valence-corrected chi connectivity index (χ3v) is 5.72. The van der Waals surface area contributed by atoms with Crippen LogP contribution in [0.2, 0.25) is 0 Å². The van der Waals surface area contributed by atoms with Crippen LogP contribution in [0.5, 0.6) is 0 Å². The zero-order valence-electron chi connectivity index (χ0n) is 18.8. The number of amidine groups is 1. The molecule has 5 N–H and O–H groups in total. The molecule has 1 aromatic carbocycles. The molecule has 1 aromatic rings. The molecule has 2 aliphatic rings. The Hall–Kier alpha value is -3.27. The molecule has 1 fully saturated rings. The number of hydrogen-bond acceptors (Lipinski definition) is 6. The van der Waals surface area contributed by atoms with E-state index in [-0.39, 0.29) is 35.5 Å². The number of carbonyl (C=O) groups is 1. The van der Waals surface area contributed by atoms with Crippen molar-refractivity contribution in [3.05, 3.63) is 46.8 Å². The molecular weight excluding hydrogens is 430 g/mol. The molecule has 8 nitrogen and oxygen atoms in total. The van der Waals surface area contributed by atoms with Crippen molar-refractivity contribution in [2.45, 2.75) is 32.2 Å². The lowest BCUT2D eigenvalue weighted by Gasteiger charge is -2.32. The minimum atomic E-state index is -2.75. The Kier molecular flexibility index (Phi) is 8.16. The lowest BCUT2D eigenvalue weighted by atomic mass is 9.99. The smallest absolute Gasteiger partial charge is 0.264 e. The maximum absolute atomic E-state index is 13.8. The fraction of sp³-hybridized carbons (Fsp3) is 0.435. The number of allylic oxidation sites excluding steroid dienone is 1. The summed E-state index contributed by atoms with van der Waals surface area (Å²) in [4.78, 5) is 13.6. The van der Waals surface area contributed by atoms with Crippen molar-refractivity contribution in [1.82, 2.24) is 15.5 Å². The first-order valence-corrected chi connectivity index (χ1v) is 10.8. The summed E-state index contributed by atoms with van der Waals surface area (Å²) < 4.78 is 33.0. The lowest BCUT2D eigenvalue weighted by molar-refractivity contribution is -0.128. The Morgan fingerprint density at radius 2 is 2.15 bits per heavy atom. The van der Waals surface area contributed by atoms with Crippen LogP contribution in [0.15, 0.2) is 35.7 Å². The van der Waals surface area contributed by atoms with Crippen LogP contribution in [0, 0.1) is 10.8 Å². The van der Waals surface area contributed by atoms with E-state index in [2.05, 4.69) is 16.0 Å². The number of alkyl halides is 2. The van der Waals surface area contributed by atoms with Gasteiger partial charge in [0.1, 0.15) is 5.84 Å². The van der Waals surface area contributed by atoms with Crippen LogP contribution in [0.4, 0.5) is 14.5 Å². The van der Waals surface area contributed by atoms with Gasteiger partial charge in [0.25, 0.3) is 6.43 Å². The summed E-state index contributed by atoms with van der Waals surface area (Å²) in [5, 5.41) is 25.3. The van der Waals surface area contributed by atoms with E-state index in [4.69, 9.17) is 15.6 Å². The quantitative estimate of drug-likeness (QED) is 0.302. The molecule has 10 heteroatoms. The van der Waals surface area contributed by atoms with Crippen molar-refractivity contribution >= 4 is 29.2 Å². The maximum atomic E-state index is 13.8. The summed E-state index contributed by atoms with van der Waals surface area (Å²) >= 11 is 0. The molecule has 3 rings (SSSR count). The molecule has 1 atom stereocenters. The summed E-state index contributed by atoms with van der Waals surface area (Å²) in [5.41, 5.74) is 2.17. The molecule has 178 valence electrons.